The molecule has 0 amide bonds. The second kappa shape index (κ2) is 10.4. The summed E-state index contributed by atoms with van der Waals surface area (Å²) >= 11 is 0. The van der Waals surface area contributed by atoms with Crippen LogP contribution in [0.4, 0.5) is 0 Å². The van der Waals surface area contributed by atoms with Crippen molar-refractivity contribution in [1.82, 2.24) is 0 Å². The van der Waals surface area contributed by atoms with Gasteiger partial charge in [-0.25, -0.2) is 0 Å². The maximum absolute atomic E-state index is 4.12. The van der Waals surface area contributed by atoms with Gasteiger partial charge < -0.3 is 0 Å². The molecule has 0 aliphatic heterocycles. The van der Waals surface area contributed by atoms with Gasteiger partial charge in [-0.05, 0) is 49.5 Å². The summed E-state index contributed by atoms with van der Waals surface area (Å²) in [7, 11) is 0. The number of rotatable bonds is 9. The summed E-state index contributed by atoms with van der Waals surface area (Å²) in [4.78, 5) is 0. The first-order chi connectivity index (χ1) is 10.3. The average Bonchev–Trinajstić information content (AvgIpc) is 2.45. The summed E-state index contributed by atoms with van der Waals surface area (Å²) in [5, 5.41) is 0. The average molecular weight is 292 g/mol. The molecule has 0 rings (SSSR count). The van der Waals surface area contributed by atoms with Gasteiger partial charge in [0, 0.05) is 0 Å². The molecular formula is C22H28. The molecule has 0 heterocycles. The van der Waals surface area contributed by atoms with Crippen LogP contribution in [0.2, 0.25) is 0 Å². The highest BCUT2D eigenvalue weighted by atomic mass is 14.0. The summed E-state index contributed by atoms with van der Waals surface area (Å²) in [5.41, 5.74) is 6.06. The van der Waals surface area contributed by atoms with E-state index in [9.17, 15) is 0 Å². The Morgan fingerprint density at radius 1 is 0.727 bits per heavy atom. The molecule has 0 aromatic heterocycles. The predicted octanol–water partition coefficient (Wildman–Crippen LogP) is 6.81. The van der Waals surface area contributed by atoms with Crippen molar-refractivity contribution in [2.75, 3.05) is 0 Å². The molecule has 0 aromatic rings. The van der Waals surface area contributed by atoms with E-state index >= 15 is 0 Å². The van der Waals surface area contributed by atoms with Crippen LogP contribution in [0.1, 0.15) is 27.2 Å². The zero-order valence-electron chi connectivity index (χ0n) is 14.3. The minimum Gasteiger partial charge on any atom is -0.103 e. The van der Waals surface area contributed by atoms with Crippen molar-refractivity contribution in [3.8, 4) is 0 Å². The Labute approximate surface area is 136 Å². The van der Waals surface area contributed by atoms with Crippen LogP contribution < -0.4 is 0 Å². The van der Waals surface area contributed by atoms with Gasteiger partial charge in [-0.2, -0.15) is 0 Å². The largest absolute Gasteiger partial charge is 0.103 e. The third-order valence-electron chi connectivity index (χ3n) is 2.86. The fourth-order valence-corrected chi connectivity index (χ4v) is 1.49. The summed E-state index contributed by atoms with van der Waals surface area (Å²) in [6.45, 7) is 25.9. The Balaban J connectivity index is 4.99. The Morgan fingerprint density at radius 2 is 1.23 bits per heavy atom. The monoisotopic (exact) mass is 292 g/mol. The zero-order valence-corrected chi connectivity index (χ0v) is 14.3. The third-order valence-corrected chi connectivity index (χ3v) is 2.86. The molecule has 116 valence electrons. The molecule has 22 heavy (non-hydrogen) atoms. The van der Waals surface area contributed by atoms with E-state index in [-0.39, 0.29) is 0 Å². The standard InChI is InChI=1S/C22H28/c1-9-10-22(16-12-18(4)5)21(8)15-14-20(7)19(6)13-11-17(2)3/h9,11-16H,1-2,6-8,10H2,3-5H3/b13-11-,15-14-,22-16+. The zero-order chi connectivity index (χ0) is 17.1. The van der Waals surface area contributed by atoms with Gasteiger partial charge in [-0.15, -0.1) is 6.58 Å². The third kappa shape index (κ3) is 8.76. The first-order valence-corrected chi connectivity index (χ1v) is 7.32. The van der Waals surface area contributed by atoms with Gasteiger partial charge in [0.15, 0.2) is 0 Å². The SMILES string of the molecule is C=CC/C(=C\C=C(C)C)C(=C)/C=C\C(=C)C(=C)/C=C\C(=C)C. The van der Waals surface area contributed by atoms with E-state index in [1.54, 1.807) is 0 Å². The smallest absolute Gasteiger partial charge is 0.00944 e. The van der Waals surface area contributed by atoms with Crippen molar-refractivity contribution in [2.45, 2.75) is 27.2 Å². The Morgan fingerprint density at radius 3 is 1.68 bits per heavy atom. The summed E-state index contributed by atoms with van der Waals surface area (Å²) in [6, 6.07) is 0. The lowest BCUT2D eigenvalue weighted by molar-refractivity contribution is 1.25. The van der Waals surface area contributed by atoms with Gasteiger partial charge in [0.1, 0.15) is 0 Å². The number of hydrogen-bond acceptors (Lipinski definition) is 0. The Kier molecular flexibility index (Phi) is 9.29. The molecule has 0 spiro atoms. The van der Waals surface area contributed by atoms with E-state index < -0.39 is 0 Å². The molecule has 0 nitrogen and oxygen atoms in total. The molecule has 0 fully saturated rings. The maximum Gasteiger partial charge on any atom is -0.00944 e. The Bertz CT molecular complexity index is 580. The molecule has 0 bridgehead atoms. The van der Waals surface area contributed by atoms with E-state index in [0.29, 0.717) is 0 Å². The highest BCUT2D eigenvalue weighted by molar-refractivity contribution is 5.48. The quantitative estimate of drug-likeness (QED) is 0.323. The van der Waals surface area contributed by atoms with Crippen LogP contribution in [0.3, 0.4) is 0 Å². The van der Waals surface area contributed by atoms with Gasteiger partial charge in [0.05, 0.1) is 0 Å². The highest BCUT2D eigenvalue weighted by Gasteiger charge is 1.98. The fourth-order valence-electron chi connectivity index (χ4n) is 1.49. The minimum atomic E-state index is 0.788. The highest BCUT2D eigenvalue weighted by Crippen LogP contribution is 2.17. The number of hydrogen-bond donors (Lipinski definition) is 0. The van der Waals surface area contributed by atoms with Crippen LogP contribution in [0.25, 0.3) is 0 Å². The Hall–Kier alpha value is -2.34. The molecular weight excluding hydrogens is 264 g/mol. The molecule has 0 aromatic carbocycles. The second-order valence-electron chi connectivity index (χ2n) is 5.52. The second-order valence-corrected chi connectivity index (χ2v) is 5.52. The molecule has 0 heteroatoms. The maximum atomic E-state index is 4.12. The van der Waals surface area contributed by atoms with Crippen LogP contribution in [-0.4, -0.2) is 0 Å². The lowest BCUT2D eigenvalue weighted by Gasteiger charge is -2.05. The molecule has 0 saturated heterocycles. The van der Waals surface area contributed by atoms with E-state index in [0.717, 1.165) is 34.3 Å². The summed E-state index contributed by atoms with van der Waals surface area (Å²) < 4.78 is 0. The predicted molar refractivity (Wildman–Crippen MR) is 103 cm³/mol. The van der Waals surface area contributed by atoms with Crippen LogP contribution in [0.15, 0.2) is 109 Å². The first-order valence-electron chi connectivity index (χ1n) is 7.32. The van der Waals surface area contributed by atoms with E-state index in [1.807, 2.05) is 37.3 Å². The van der Waals surface area contributed by atoms with Crippen molar-refractivity contribution in [3.63, 3.8) is 0 Å². The molecule has 0 aliphatic rings. The van der Waals surface area contributed by atoms with E-state index in [4.69, 9.17) is 0 Å². The van der Waals surface area contributed by atoms with Crippen LogP contribution >= 0.6 is 0 Å². The van der Waals surface area contributed by atoms with Crippen molar-refractivity contribution >= 4 is 0 Å². The van der Waals surface area contributed by atoms with E-state index in [1.165, 1.54) is 5.57 Å². The van der Waals surface area contributed by atoms with Crippen molar-refractivity contribution in [2.24, 2.45) is 0 Å². The first kappa shape index (κ1) is 19.7. The lowest BCUT2D eigenvalue weighted by atomic mass is 10.0. The van der Waals surface area contributed by atoms with Crippen LogP contribution in [0, 0.1) is 0 Å². The van der Waals surface area contributed by atoms with Crippen molar-refractivity contribution in [1.29, 1.82) is 0 Å². The molecule has 0 N–H and O–H groups in total. The summed E-state index contributed by atoms with van der Waals surface area (Å²) in [5.74, 6) is 0. The molecule has 0 saturated carbocycles. The van der Waals surface area contributed by atoms with Gasteiger partial charge in [0.25, 0.3) is 0 Å². The van der Waals surface area contributed by atoms with Gasteiger partial charge in [0.2, 0.25) is 0 Å². The van der Waals surface area contributed by atoms with Gasteiger partial charge >= 0.3 is 0 Å². The minimum absolute atomic E-state index is 0.788. The molecule has 0 unspecified atom stereocenters. The molecule has 0 radical (unpaired) electrons. The van der Waals surface area contributed by atoms with Crippen molar-refractivity contribution in [3.05, 3.63) is 109 Å². The lowest BCUT2D eigenvalue weighted by Crippen LogP contribution is -1.85. The molecule has 0 atom stereocenters. The van der Waals surface area contributed by atoms with Gasteiger partial charge in [-0.1, -0.05) is 80.0 Å². The van der Waals surface area contributed by atoms with Gasteiger partial charge in [-0.3, -0.25) is 0 Å². The van der Waals surface area contributed by atoms with Crippen LogP contribution in [-0.2, 0) is 0 Å². The molecule has 0 aliphatic carbocycles. The van der Waals surface area contributed by atoms with E-state index in [2.05, 4.69) is 58.9 Å². The normalized spacial score (nSPS) is 11.5. The topological polar surface area (TPSA) is 0 Å². The number of allylic oxidation sites excluding steroid dienone is 13. The fraction of sp³-hybridized carbons (Fsp3) is 0.182. The van der Waals surface area contributed by atoms with Crippen molar-refractivity contribution < 1.29 is 0 Å². The summed E-state index contributed by atoms with van der Waals surface area (Å²) in [6.07, 6.45) is 14.6. The van der Waals surface area contributed by atoms with Crippen LogP contribution in [0.5, 0.6) is 0 Å².